The van der Waals surface area contributed by atoms with Gasteiger partial charge in [-0.2, -0.15) is 0 Å². The summed E-state index contributed by atoms with van der Waals surface area (Å²) in [7, 11) is 0. The third-order valence-corrected chi connectivity index (χ3v) is 4.77. The van der Waals surface area contributed by atoms with Crippen LogP contribution in [0.25, 0.3) is 0 Å². The molecule has 1 rings (SSSR count). The topological polar surface area (TPSA) is 96.2 Å². The van der Waals surface area contributed by atoms with Crippen molar-refractivity contribution < 1.29 is 29.6 Å². The molecule has 0 aromatic heterocycles. The second kappa shape index (κ2) is 9.06. The summed E-state index contributed by atoms with van der Waals surface area (Å²) in [6, 6.07) is 4.51. The molecule has 0 aliphatic heterocycles. The Morgan fingerprint density at radius 2 is 1.32 bits per heavy atom. The number of benzene rings is 1. The summed E-state index contributed by atoms with van der Waals surface area (Å²) >= 11 is 0. The normalized spacial score (nSPS) is 15.9. The van der Waals surface area contributed by atoms with E-state index in [1.54, 1.807) is 6.07 Å². The number of aliphatic hydroxyl groups excluding tert-OH is 2. The van der Waals surface area contributed by atoms with Crippen LogP contribution >= 0.6 is 0 Å². The van der Waals surface area contributed by atoms with Crippen molar-refractivity contribution in [3.63, 3.8) is 0 Å². The van der Waals surface area contributed by atoms with Crippen LogP contribution in [0.2, 0.25) is 0 Å². The molecule has 2 atom stereocenters. The number of carboxylic acid groups (broad SMARTS) is 1. The molecule has 0 spiro atoms. The highest BCUT2D eigenvalue weighted by Crippen LogP contribution is 2.28. The van der Waals surface area contributed by atoms with Crippen molar-refractivity contribution in [2.24, 2.45) is 10.8 Å². The minimum Gasteiger partial charge on any atom is -0.493 e. The minimum atomic E-state index is -1.07. The monoisotopic (exact) mass is 354 g/mol. The van der Waals surface area contributed by atoms with Gasteiger partial charge in [-0.05, 0) is 25.0 Å². The fourth-order valence-corrected chi connectivity index (χ4v) is 1.90. The van der Waals surface area contributed by atoms with Crippen LogP contribution in [0.1, 0.15) is 50.9 Å². The maximum absolute atomic E-state index is 11.3. The van der Waals surface area contributed by atoms with Crippen LogP contribution < -0.4 is 9.47 Å². The highest BCUT2D eigenvalue weighted by atomic mass is 16.5. The van der Waals surface area contributed by atoms with Gasteiger partial charge in [-0.25, -0.2) is 4.79 Å². The summed E-state index contributed by atoms with van der Waals surface area (Å²) in [4.78, 5) is 11.3. The first-order valence-corrected chi connectivity index (χ1v) is 8.56. The van der Waals surface area contributed by atoms with Crippen LogP contribution in [0, 0.1) is 10.8 Å². The summed E-state index contributed by atoms with van der Waals surface area (Å²) in [5.41, 5.74) is -0.715. The molecule has 2 unspecified atom stereocenters. The van der Waals surface area contributed by atoms with Gasteiger partial charge in [0.05, 0.1) is 32.0 Å². The van der Waals surface area contributed by atoms with Crippen LogP contribution in [-0.2, 0) is 0 Å². The number of rotatable bonds is 11. The molecule has 0 fully saturated rings. The first-order chi connectivity index (χ1) is 11.7. The zero-order valence-electron chi connectivity index (χ0n) is 15.5. The molecule has 3 N–H and O–H groups in total. The number of carbonyl (C=O) groups is 1. The molecule has 0 saturated heterocycles. The maximum Gasteiger partial charge on any atom is 0.335 e. The quantitative estimate of drug-likeness (QED) is 0.565. The van der Waals surface area contributed by atoms with Crippen molar-refractivity contribution in [2.75, 3.05) is 26.4 Å². The molecule has 0 radical (unpaired) electrons. The molecule has 0 amide bonds. The molecule has 25 heavy (non-hydrogen) atoms. The number of ether oxygens (including phenoxy) is 2. The number of aromatic carboxylic acids is 1. The van der Waals surface area contributed by atoms with Gasteiger partial charge in [-0.3, -0.25) is 0 Å². The largest absolute Gasteiger partial charge is 0.493 e. The SMILES string of the molecule is CCC(C)(CO)COc1cc(OCC(C)(CC)CO)cc(C(=O)O)c1. The Bertz CT molecular complexity index is 521. The number of hydrogen-bond donors (Lipinski definition) is 3. The van der Waals surface area contributed by atoms with E-state index in [9.17, 15) is 20.1 Å². The van der Waals surface area contributed by atoms with Gasteiger partial charge in [0, 0.05) is 16.9 Å². The molecule has 6 nitrogen and oxygen atoms in total. The Kier molecular flexibility index (Phi) is 7.70. The maximum atomic E-state index is 11.3. The van der Waals surface area contributed by atoms with E-state index in [4.69, 9.17) is 9.47 Å². The van der Waals surface area contributed by atoms with Crippen LogP contribution in [0.15, 0.2) is 18.2 Å². The molecule has 6 heteroatoms. The Morgan fingerprint density at radius 3 is 1.60 bits per heavy atom. The fraction of sp³-hybridized carbons (Fsp3) is 0.632. The zero-order chi connectivity index (χ0) is 19.1. The number of hydrogen-bond acceptors (Lipinski definition) is 5. The van der Waals surface area contributed by atoms with Gasteiger partial charge in [0.1, 0.15) is 11.5 Å². The molecular formula is C19H30O6. The van der Waals surface area contributed by atoms with Crippen molar-refractivity contribution in [2.45, 2.75) is 40.5 Å². The summed E-state index contributed by atoms with van der Waals surface area (Å²) in [6.07, 6.45) is 1.47. The van der Waals surface area contributed by atoms with Crippen molar-refractivity contribution in [1.29, 1.82) is 0 Å². The first-order valence-electron chi connectivity index (χ1n) is 8.56. The average Bonchev–Trinajstić information content (AvgIpc) is 2.64. The van der Waals surface area contributed by atoms with Gasteiger partial charge in [-0.1, -0.05) is 27.7 Å². The predicted octanol–water partition coefficient (Wildman–Crippen LogP) is 2.96. The molecule has 1 aromatic rings. The van der Waals surface area contributed by atoms with Crippen molar-refractivity contribution >= 4 is 5.97 Å². The first kappa shape index (κ1) is 21.3. The second-order valence-electron chi connectivity index (χ2n) is 7.22. The van der Waals surface area contributed by atoms with Crippen LogP contribution in [0.5, 0.6) is 11.5 Å². The van der Waals surface area contributed by atoms with Crippen molar-refractivity contribution in [1.82, 2.24) is 0 Å². The van der Waals surface area contributed by atoms with Crippen LogP contribution in [-0.4, -0.2) is 47.7 Å². The van der Waals surface area contributed by atoms with E-state index >= 15 is 0 Å². The van der Waals surface area contributed by atoms with Gasteiger partial charge in [0.25, 0.3) is 0 Å². The van der Waals surface area contributed by atoms with E-state index in [0.29, 0.717) is 11.5 Å². The van der Waals surface area contributed by atoms with E-state index in [1.807, 2.05) is 27.7 Å². The highest BCUT2D eigenvalue weighted by molar-refractivity contribution is 5.88. The molecule has 142 valence electrons. The van der Waals surface area contributed by atoms with Gasteiger partial charge < -0.3 is 24.8 Å². The summed E-state index contributed by atoms with van der Waals surface area (Å²) in [5, 5.41) is 28.2. The lowest BCUT2D eigenvalue weighted by molar-refractivity contribution is 0.0683. The zero-order valence-corrected chi connectivity index (χ0v) is 15.5. The van der Waals surface area contributed by atoms with Crippen molar-refractivity contribution in [3.8, 4) is 11.5 Å². The molecule has 0 saturated carbocycles. The molecular weight excluding hydrogens is 324 g/mol. The highest BCUT2D eigenvalue weighted by Gasteiger charge is 2.24. The molecule has 0 heterocycles. The third kappa shape index (κ3) is 6.21. The fourth-order valence-electron chi connectivity index (χ4n) is 1.90. The minimum absolute atomic E-state index is 0.0170. The van der Waals surface area contributed by atoms with E-state index in [-0.39, 0.29) is 32.0 Å². The Balaban J connectivity index is 2.96. The molecule has 0 aliphatic rings. The van der Waals surface area contributed by atoms with Crippen LogP contribution in [0.3, 0.4) is 0 Å². The van der Waals surface area contributed by atoms with Gasteiger partial charge in [0.2, 0.25) is 0 Å². The third-order valence-electron chi connectivity index (χ3n) is 4.77. The Hall–Kier alpha value is -1.79. The number of carboxylic acids is 1. The smallest absolute Gasteiger partial charge is 0.335 e. The summed E-state index contributed by atoms with van der Waals surface area (Å²) in [6.45, 7) is 8.23. The van der Waals surface area contributed by atoms with E-state index in [2.05, 4.69) is 0 Å². The van der Waals surface area contributed by atoms with E-state index in [1.165, 1.54) is 12.1 Å². The molecule has 0 aliphatic carbocycles. The lowest BCUT2D eigenvalue weighted by atomic mass is 9.90. The Morgan fingerprint density at radius 1 is 0.920 bits per heavy atom. The standard InChI is InChI=1S/C19H30O6/c1-5-18(3,10-20)12-24-15-7-14(17(22)23)8-16(9-15)25-13-19(4,6-2)11-21/h7-9,20-21H,5-6,10-13H2,1-4H3,(H,22,23). The van der Waals surface area contributed by atoms with Gasteiger partial charge in [0.15, 0.2) is 0 Å². The predicted molar refractivity (Wildman–Crippen MR) is 95.4 cm³/mol. The van der Waals surface area contributed by atoms with Gasteiger partial charge >= 0.3 is 5.97 Å². The van der Waals surface area contributed by atoms with E-state index < -0.39 is 16.8 Å². The summed E-state index contributed by atoms with van der Waals surface area (Å²) in [5.74, 6) is -0.313. The molecule has 0 bridgehead atoms. The lowest BCUT2D eigenvalue weighted by Gasteiger charge is -2.27. The average molecular weight is 354 g/mol. The van der Waals surface area contributed by atoms with Gasteiger partial charge in [-0.15, -0.1) is 0 Å². The molecule has 1 aromatic carbocycles. The lowest BCUT2D eigenvalue weighted by Crippen LogP contribution is -2.29. The van der Waals surface area contributed by atoms with Crippen LogP contribution in [0.4, 0.5) is 0 Å². The second-order valence-corrected chi connectivity index (χ2v) is 7.22. The summed E-state index contributed by atoms with van der Waals surface area (Å²) < 4.78 is 11.4. The Labute approximate surface area is 149 Å². The van der Waals surface area contributed by atoms with E-state index in [0.717, 1.165) is 12.8 Å². The van der Waals surface area contributed by atoms with Crippen molar-refractivity contribution in [3.05, 3.63) is 23.8 Å². The number of aliphatic hydroxyl groups is 2.